The number of aliphatic hydroxyl groups is 1. The van der Waals surface area contributed by atoms with E-state index in [1.807, 2.05) is 0 Å². The van der Waals surface area contributed by atoms with Crippen LogP contribution >= 0.6 is 0 Å². The van der Waals surface area contributed by atoms with Crippen LogP contribution in [0.2, 0.25) is 0 Å². The van der Waals surface area contributed by atoms with E-state index >= 15 is 0 Å². The second-order valence-electron chi connectivity index (χ2n) is 4.61. The molecule has 1 fully saturated rings. The molecular formula is C13H19NO3. The normalized spacial score (nSPS) is 18.9. The standard InChI is InChI=1S/C13H19NO3/c1-2-17-12(15)10-8-11(14-9-10)13(16)6-4-3-5-7-13/h8-9,14,16H,2-7H2,1H3. The zero-order valence-corrected chi connectivity index (χ0v) is 10.2. The summed E-state index contributed by atoms with van der Waals surface area (Å²) >= 11 is 0. The van der Waals surface area contributed by atoms with E-state index in [0.29, 0.717) is 12.2 Å². The van der Waals surface area contributed by atoms with Crippen molar-refractivity contribution >= 4 is 5.97 Å². The number of carbonyl (C=O) groups is 1. The Bertz CT molecular complexity index is 391. The molecule has 1 aliphatic rings. The number of nitrogens with one attached hydrogen (secondary N) is 1. The Morgan fingerprint density at radius 2 is 2.18 bits per heavy atom. The van der Waals surface area contributed by atoms with Crippen LogP contribution in [0.1, 0.15) is 55.1 Å². The maximum atomic E-state index is 11.5. The van der Waals surface area contributed by atoms with Crippen molar-refractivity contribution in [2.24, 2.45) is 0 Å². The third-order valence-corrected chi connectivity index (χ3v) is 3.38. The minimum atomic E-state index is -0.789. The minimum Gasteiger partial charge on any atom is -0.462 e. The quantitative estimate of drug-likeness (QED) is 0.793. The molecule has 4 heteroatoms. The van der Waals surface area contributed by atoms with Gasteiger partial charge >= 0.3 is 5.97 Å². The Kier molecular flexibility index (Phi) is 3.52. The predicted molar refractivity (Wildman–Crippen MR) is 63.7 cm³/mol. The Hall–Kier alpha value is -1.29. The van der Waals surface area contributed by atoms with Crippen LogP contribution in [0.25, 0.3) is 0 Å². The third-order valence-electron chi connectivity index (χ3n) is 3.38. The number of H-pyrrole nitrogens is 1. The molecular weight excluding hydrogens is 218 g/mol. The molecule has 1 aromatic heterocycles. The van der Waals surface area contributed by atoms with E-state index in [1.54, 1.807) is 19.2 Å². The van der Waals surface area contributed by atoms with Gasteiger partial charge in [0.25, 0.3) is 0 Å². The molecule has 1 heterocycles. The summed E-state index contributed by atoms with van der Waals surface area (Å²) < 4.78 is 4.92. The smallest absolute Gasteiger partial charge is 0.339 e. The lowest BCUT2D eigenvalue weighted by molar-refractivity contribution is -0.00418. The maximum absolute atomic E-state index is 11.5. The van der Waals surface area contributed by atoms with Crippen molar-refractivity contribution in [3.8, 4) is 0 Å². The lowest BCUT2D eigenvalue weighted by Crippen LogP contribution is -2.28. The summed E-state index contributed by atoms with van der Waals surface area (Å²) in [5.41, 5.74) is 0.435. The number of rotatable bonds is 3. The van der Waals surface area contributed by atoms with Crippen LogP contribution in [0.15, 0.2) is 12.3 Å². The lowest BCUT2D eigenvalue weighted by atomic mass is 9.82. The first-order valence-electron chi connectivity index (χ1n) is 6.24. The van der Waals surface area contributed by atoms with Gasteiger partial charge in [0, 0.05) is 11.9 Å². The topological polar surface area (TPSA) is 62.3 Å². The van der Waals surface area contributed by atoms with Crippen molar-refractivity contribution in [1.82, 2.24) is 4.98 Å². The zero-order valence-electron chi connectivity index (χ0n) is 10.2. The number of hydrogen-bond acceptors (Lipinski definition) is 3. The molecule has 0 spiro atoms. The van der Waals surface area contributed by atoms with E-state index in [4.69, 9.17) is 4.74 Å². The molecule has 4 nitrogen and oxygen atoms in total. The number of ether oxygens (including phenoxy) is 1. The molecule has 0 atom stereocenters. The first-order valence-corrected chi connectivity index (χ1v) is 6.24. The molecule has 0 unspecified atom stereocenters. The molecule has 0 radical (unpaired) electrons. The SMILES string of the molecule is CCOC(=O)c1c[nH]c(C2(O)CCCCC2)c1. The Balaban J connectivity index is 2.14. The van der Waals surface area contributed by atoms with Crippen LogP contribution in [0, 0.1) is 0 Å². The maximum Gasteiger partial charge on any atom is 0.339 e. The average molecular weight is 237 g/mol. The van der Waals surface area contributed by atoms with Crippen molar-refractivity contribution in [2.45, 2.75) is 44.6 Å². The molecule has 0 amide bonds. The number of esters is 1. The highest BCUT2D eigenvalue weighted by atomic mass is 16.5. The van der Waals surface area contributed by atoms with Gasteiger partial charge in [-0.1, -0.05) is 19.3 Å². The summed E-state index contributed by atoms with van der Waals surface area (Å²) in [4.78, 5) is 14.5. The summed E-state index contributed by atoms with van der Waals surface area (Å²) in [5.74, 6) is -0.339. The van der Waals surface area contributed by atoms with E-state index < -0.39 is 5.60 Å². The average Bonchev–Trinajstić information content (AvgIpc) is 2.80. The Morgan fingerprint density at radius 1 is 1.47 bits per heavy atom. The van der Waals surface area contributed by atoms with Gasteiger partial charge in [-0.05, 0) is 25.8 Å². The molecule has 17 heavy (non-hydrogen) atoms. The van der Waals surface area contributed by atoms with Crippen molar-refractivity contribution in [2.75, 3.05) is 6.61 Å². The molecule has 2 N–H and O–H groups in total. The monoisotopic (exact) mass is 237 g/mol. The summed E-state index contributed by atoms with van der Waals surface area (Å²) in [6, 6.07) is 1.71. The van der Waals surface area contributed by atoms with Gasteiger partial charge in [-0.25, -0.2) is 4.79 Å². The molecule has 2 rings (SSSR count). The lowest BCUT2D eigenvalue weighted by Gasteiger charge is -2.31. The van der Waals surface area contributed by atoms with E-state index in [1.165, 1.54) is 6.42 Å². The van der Waals surface area contributed by atoms with Gasteiger partial charge in [-0.2, -0.15) is 0 Å². The fraction of sp³-hybridized carbons (Fsp3) is 0.615. The first-order chi connectivity index (χ1) is 8.15. The molecule has 0 aromatic carbocycles. The van der Waals surface area contributed by atoms with E-state index in [2.05, 4.69) is 4.98 Å². The molecule has 0 bridgehead atoms. The van der Waals surface area contributed by atoms with Crippen LogP contribution in [-0.2, 0) is 10.3 Å². The molecule has 1 aliphatic carbocycles. The van der Waals surface area contributed by atoms with Gasteiger partial charge in [0.05, 0.1) is 12.2 Å². The van der Waals surface area contributed by atoms with Crippen LogP contribution in [-0.4, -0.2) is 22.7 Å². The van der Waals surface area contributed by atoms with Crippen LogP contribution in [0.4, 0.5) is 0 Å². The highest BCUT2D eigenvalue weighted by molar-refractivity contribution is 5.89. The Labute approximate surface area is 101 Å². The number of hydrogen-bond donors (Lipinski definition) is 2. The van der Waals surface area contributed by atoms with E-state index in [-0.39, 0.29) is 5.97 Å². The zero-order chi connectivity index (χ0) is 12.3. The third kappa shape index (κ3) is 2.52. The second-order valence-corrected chi connectivity index (χ2v) is 4.61. The van der Waals surface area contributed by atoms with Crippen LogP contribution in [0.3, 0.4) is 0 Å². The summed E-state index contributed by atoms with van der Waals surface area (Å²) in [6.07, 6.45) is 6.37. The minimum absolute atomic E-state index is 0.339. The summed E-state index contributed by atoms with van der Waals surface area (Å²) in [6.45, 7) is 2.14. The van der Waals surface area contributed by atoms with Gasteiger partial charge in [-0.15, -0.1) is 0 Å². The van der Waals surface area contributed by atoms with Crippen molar-refractivity contribution in [3.05, 3.63) is 23.5 Å². The van der Waals surface area contributed by atoms with Crippen molar-refractivity contribution in [3.63, 3.8) is 0 Å². The molecule has 1 aromatic rings. The van der Waals surface area contributed by atoms with Crippen LogP contribution in [0.5, 0.6) is 0 Å². The van der Waals surface area contributed by atoms with Gasteiger partial charge in [0.2, 0.25) is 0 Å². The summed E-state index contributed by atoms with van der Waals surface area (Å²) in [7, 11) is 0. The van der Waals surface area contributed by atoms with Crippen molar-refractivity contribution in [1.29, 1.82) is 0 Å². The molecule has 0 aliphatic heterocycles. The highest BCUT2D eigenvalue weighted by Gasteiger charge is 2.32. The second kappa shape index (κ2) is 4.92. The van der Waals surface area contributed by atoms with Gasteiger partial charge in [0.1, 0.15) is 5.60 Å². The number of aromatic amines is 1. The predicted octanol–water partition coefficient (Wildman–Crippen LogP) is 2.34. The molecule has 0 saturated heterocycles. The summed E-state index contributed by atoms with van der Waals surface area (Å²) in [5, 5.41) is 10.5. The fourth-order valence-corrected chi connectivity index (χ4v) is 2.40. The Morgan fingerprint density at radius 3 is 2.82 bits per heavy atom. The van der Waals surface area contributed by atoms with Gasteiger partial charge < -0.3 is 14.8 Å². The largest absolute Gasteiger partial charge is 0.462 e. The van der Waals surface area contributed by atoms with Gasteiger partial charge in [-0.3, -0.25) is 0 Å². The van der Waals surface area contributed by atoms with E-state index in [9.17, 15) is 9.90 Å². The first kappa shape index (κ1) is 12.2. The number of aromatic nitrogens is 1. The van der Waals surface area contributed by atoms with Crippen LogP contribution < -0.4 is 0 Å². The number of carbonyl (C=O) groups excluding carboxylic acids is 1. The fourth-order valence-electron chi connectivity index (χ4n) is 2.40. The molecule has 94 valence electrons. The van der Waals surface area contributed by atoms with E-state index in [0.717, 1.165) is 31.4 Å². The highest BCUT2D eigenvalue weighted by Crippen LogP contribution is 2.36. The molecule has 1 saturated carbocycles. The van der Waals surface area contributed by atoms with Gasteiger partial charge in [0.15, 0.2) is 0 Å². The van der Waals surface area contributed by atoms with Crippen molar-refractivity contribution < 1.29 is 14.6 Å².